The topological polar surface area (TPSA) is 34.1 Å². The number of hydrogen-bond acceptors (Lipinski definition) is 3. The Balaban J connectivity index is 2.58. The summed E-state index contributed by atoms with van der Waals surface area (Å²) in [5.41, 5.74) is 1.12. The molecule has 16 heavy (non-hydrogen) atoms. The van der Waals surface area contributed by atoms with Gasteiger partial charge in [0.15, 0.2) is 0 Å². The van der Waals surface area contributed by atoms with Crippen LogP contribution in [0, 0.1) is 5.92 Å². The summed E-state index contributed by atoms with van der Waals surface area (Å²) in [4.78, 5) is 4.23. The molecular weight excluding hydrogens is 200 g/mol. The molecule has 1 aromatic rings. The summed E-state index contributed by atoms with van der Waals surface area (Å²) in [7, 11) is 0. The fourth-order valence-corrected chi connectivity index (χ4v) is 1.33. The second-order valence-corrected chi connectivity index (χ2v) is 4.31. The molecule has 0 radical (unpaired) electrons. The van der Waals surface area contributed by atoms with Gasteiger partial charge in [-0.25, -0.2) is 4.98 Å². The molecule has 3 heteroatoms. The Bertz CT molecular complexity index is 313. The fraction of sp³-hybridized carbons (Fsp3) is 0.615. The number of aromatic nitrogens is 1. The molecule has 1 N–H and O–H groups in total. The molecule has 0 spiro atoms. The largest absolute Gasteiger partial charge is 0.478 e. The predicted molar refractivity (Wildman–Crippen MR) is 66.5 cm³/mol. The van der Waals surface area contributed by atoms with Gasteiger partial charge < -0.3 is 10.1 Å². The van der Waals surface area contributed by atoms with Crippen LogP contribution in [0.15, 0.2) is 18.3 Å². The molecule has 3 nitrogen and oxygen atoms in total. The van der Waals surface area contributed by atoms with Crippen LogP contribution in [0.3, 0.4) is 0 Å². The van der Waals surface area contributed by atoms with Crippen LogP contribution in [0.5, 0.6) is 5.88 Å². The Kier molecular flexibility index (Phi) is 5.26. The summed E-state index contributed by atoms with van der Waals surface area (Å²) in [6.07, 6.45) is 1.76. The van der Waals surface area contributed by atoms with Gasteiger partial charge in [-0.3, -0.25) is 0 Å². The zero-order valence-electron chi connectivity index (χ0n) is 10.7. The van der Waals surface area contributed by atoms with E-state index >= 15 is 0 Å². The summed E-state index contributed by atoms with van der Waals surface area (Å²) in [6, 6.07) is 4.49. The van der Waals surface area contributed by atoms with Gasteiger partial charge in [0.25, 0.3) is 0 Å². The van der Waals surface area contributed by atoms with Gasteiger partial charge in [-0.05, 0) is 25.8 Å². The Morgan fingerprint density at radius 1 is 1.38 bits per heavy atom. The summed E-state index contributed by atoms with van der Waals surface area (Å²) in [5.74, 6) is 1.38. The maximum absolute atomic E-state index is 5.48. The third-order valence-electron chi connectivity index (χ3n) is 2.75. The smallest absolute Gasteiger partial charge is 0.217 e. The molecule has 1 heterocycles. The second-order valence-electron chi connectivity index (χ2n) is 4.31. The van der Waals surface area contributed by atoms with Crippen LogP contribution in [0.2, 0.25) is 0 Å². The van der Waals surface area contributed by atoms with Gasteiger partial charge >= 0.3 is 0 Å². The van der Waals surface area contributed by atoms with Crippen molar-refractivity contribution in [3.8, 4) is 5.88 Å². The summed E-state index contributed by atoms with van der Waals surface area (Å²) in [6.45, 7) is 10.1. The van der Waals surface area contributed by atoms with Gasteiger partial charge in [-0.2, -0.15) is 0 Å². The number of nitrogens with one attached hydrogen (secondary N) is 1. The minimum absolute atomic E-state index is 0.495. The monoisotopic (exact) mass is 222 g/mol. The lowest BCUT2D eigenvalue weighted by Gasteiger charge is -2.18. The van der Waals surface area contributed by atoms with Crippen molar-refractivity contribution in [2.45, 2.75) is 40.3 Å². The van der Waals surface area contributed by atoms with Crippen molar-refractivity contribution >= 4 is 0 Å². The zero-order chi connectivity index (χ0) is 12.0. The number of nitrogens with zero attached hydrogens (tertiary/aromatic N) is 1. The van der Waals surface area contributed by atoms with Crippen LogP contribution < -0.4 is 10.1 Å². The van der Waals surface area contributed by atoms with E-state index in [-0.39, 0.29) is 0 Å². The van der Waals surface area contributed by atoms with Crippen molar-refractivity contribution in [1.29, 1.82) is 0 Å². The minimum Gasteiger partial charge on any atom is -0.478 e. The Morgan fingerprint density at radius 3 is 2.75 bits per heavy atom. The van der Waals surface area contributed by atoms with E-state index in [1.807, 2.05) is 13.0 Å². The lowest BCUT2D eigenvalue weighted by molar-refractivity contribution is 0.319. The van der Waals surface area contributed by atoms with Crippen LogP contribution in [0.4, 0.5) is 0 Å². The van der Waals surface area contributed by atoms with Crippen molar-refractivity contribution in [3.05, 3.63) is 23.9 Å². The zero-order valence-corrected chi connectivity index (χ0v) is 10.7. The van der Waals surface area contributed by atoms with E-state index in [4.69, 9.17) is 4.74 Å². The van der Waals surface area contributed by atoms with Gasteiger partial charge in [-0.1, -0.05) is 19.9 Å². The number of pyridine rings is 1. The van der Waals surface area contributed by atoms with Crippen LogP contribution >= 0.6 is 0 Å². The average Bonchev–Trinajstić information content (AvgIpc) is 2.27. The molecular formula is C13H22N2O. The van der Waals surface area contributed by atoms with E-state index in [2.05, 4.69) is 37.1 Å². The van der Waals surface area contributed by atoms with Gasteiger partial charge in [0, 0.05) is 24.3 Å². The molecule has 0 amide bonds. The fourth-order valence-electron chi connectivity index (χ4n) is 1.33. The SMILES string of the molecule is CCOc1ncccc1CNC(C)C(C)C. The molecule has 0 aromatic carbocycles. The van der Waals surface area contributed by atoms with Crippen LogP contribution in [0.1, 0.15) is 33.3 Å². The minimum atomic E-state index is 0.495. The van der Waals surface area contributed by atoms with E-state index in [0.717, 1.165) is 18.0 Å². The van der Waals surface area contributed by atoms with E-state index in [1.54, 1.807) is 6.20 Å². The van der Waals surface area contributed by atoms with E-state index in [9.17, 15) is 0 Å². The van der Waals surface area contributed by atoms with Gasteiger partial charge in [0.2, 0.25) is 5.88 Å². The number of hydrogen-bond donors (Lipinski definition) is 1. The number of ether oxygens (including phenoxy) is 1. The first-order valence-electron chi connectivity index (χ1n) is 5.95. The molecule has 1 atom stereocenters. The standard InChI is InChI=1S/C13H22N2O/c1-5-16-13-12(7-6-8-14-13)9-15-11(4)10(2)3/h6-8,10-11,15H,5,9H2,1-4H3. The lowest BCUT2D eigenvalue weighted by Crippen LogP contribution is -2.30. The molecule has 1 unspecified atom stereocenters. The normalized spacial score (nSPS) is 12.8. The molecule has 0 saturated carbocycles. The van der Waals surface area contributed by atoms with E-state index in [0.29, 0.717) is 18.6 Å². The van der Waals surface area contributed by atoms with E-state index < -0.39 is 0 Å². The Morgan fingerprint density at radius 2 is 2.12 bits per heavy atom. The highest BCUT2D eigenvalue weighted by molar-refractivity contribution is 5.25. The molecule has 0 saturated heterocycles. The third kappa shape index (κ3) is 3.81. The summed E-state index contributed by atoms with van der Waals surface area (Å²) < 4.78 is 5.48. The highest BCUT2D eigenvalue weighted by Crippen LogP contribution is 2.14. The Labute approximate surface area is 98.2 Å². The first kappa shape index (κ1) is 13.0. The van der Waals surface area contributed by atoms with Crippen LogP contribution in [0.25, 0.3) is 0 Å². The Hall–Kier alpha value is -1.09. The maximum atomic E-state index is 5.48. The van der Waals surface area contributed by atoms with Crippen molar-refractivity contribution in [2.24, 2.45) is 5.92 Å². The first-order chi connectivity index (χ1) is 7.65. The molecule has 0 aliphatic carbocycles. The van der Waals surface area contributed by atoms with Gasteiger partial charge in [0.1, 0.15) is 0 Å². The molecule has 0 aliphatic rings. The van der Waals surface area contributed by atoms with Gasteiger partial charge in [0.05, 0.1) is 6.61 Å². The predicted octanol–water partition coefficient (Wildman–Crippen LogP) is 2.61. The molecule has 0 aliphatic heterocycles. The molecule has 1 aromatic heterocycles. The summed E-state index contributed by atoms with van der Waals surface area (Å²) in [5, 5.41) is 3.48. The third-order valence-corrected chi connectivity index (χ3v) is 2.75. The molecule has 1 rings (SSSR count). The van der Waals surface area contributed by atoms with Crippen LogP contribution in [-0.2, 0) is 6.54 Å². The number of rotatable bonds is 6. The quantitative estimate of drug-likeness (QED) is 0.803. The summed E-state index contributed by atoms with van der Waals surface area (Å²) >= 11 is 0. The molecule has 0 bridgehead atoms. The highest BCUT2D eigenvalue weighted by atomic mass is 16.5. The molecule has 0 fully saturated rings. The average molecular weight is 222 g/mol. The molecule has 90 valence electrons. The van der Waals surface area contributed by atoms with Crippen molar-refractivity contribution in [1.82, 2.24) is 10.3 Å². The second kappa shape index (κ2) is 6.48. The van der Waals surface area contributed by atoms with E-state index in [1.165, 1.54) is 0 Å². The highest BCUT2D eigenvalue weighted by Gasteiger charge is 2.08. The lowest BCUT2D eigenvalue weighted by atomic mass is 10.1. The van der Waals surface area contributed by atoms with Gasteiger partial charge in [-0.15, -0.1) is 0 Å². The maximum Gasteiger partial charge on any atom is 0.217 e. The van der Waals surface area contributed by atoms with Crippen molar-refractivity contribution in [2.75, 3.05) is 6.61 Å². The van der Waals surface area contributed by atoms with Crippen molar-refractivity contribution < 1.29 is 4.74 Å². The van der Waals surface area contributed by atoms with Crippen molar-refractivity contribution in [3.63, 3.8) is 0 Å². The van der Waals surface area contributed by atoms with Crippen LogP contribution in [-0.4, -0.2) is 17.6 Å². The first-order valence-corrected chi connectivity index (χ1v) is 5.95.